The van der Waals surface area contributed by atoms with Crippen LogP contribution < -0.4 is 5.56 Å². The molecule has 35 heavy (non-hydrogen) atoms. The van der Waals surface area contributed by atoms with Gasteiger partial charge in [0, 0.05) is 0 Å². The number of carbonyl (C=O) groups is 1. The highest BCUT2D eigenvalue weighted by molar-refractivity contribution is 7.99. The standard InChI is InChI=1S/C26H20N4O4S/c1-34-25(33)22(23-27-19-13-7-8-14-20(19)28-23)21(31)15-35-26-29-18-12-6-5-11-17(18)24(32)30(26)16-9-3-2-4-10-16/h2-14,31H,15H2,1H3,(H,27,28). The third kappa shape index (κ3) is 4.29. The predicted molar refractivity (Wildman–Crippen MR) is 136 cm³/mol. The van der Waals surface area contributed by atoms with Gasteiger partial charge in [0.25, 0.3) is 5.56 Å². The molecule has 0 aliphatic carbocycles. The maximum absolute atomic E-state index is 13.3. The van der Waals surface area contributed by atoms with Crippen LogP contribution in [0.3, 0.4) is 0 Å². The van der Waals surface area contributed by atoms with Gasteiger partial charge in [-0.2, -0.15) is 0 Å². The van der Waals surface area contributed by atoms with Crippen molar-refractivity contribution in [2.75, 3.05) is 12.9 Å². The third-order valence-electron chi connectivity index (χ3n) is 5.40. The van der Waals surface area contributed by atoms with Gasteiger partial charge in [-0.1, -0.05) is 54.2 Å². The maximum atomic E-state index is 13.3. The molecule has 0 saturated heterocycles. The largest absolute Gasteiger partial charge is 0.510 e. The number of nitrogens with one attached hydrogen (secondary N) is 1. The molecular formula is C26H20N4O4S. The van der Waals surface area contributed by atoms with Gasteiger partial charge in [0.1, 0.15) is 17.2 Å². The van der Waals surface area contributed by atoms with Crippen molar-refractivity contribution in [2.24, 2.45) is 0 Å². The van der Waals surface area contributed by atoms with E-state index < -0.39 is 5.97 Å². The van der Waals surface area contributed by atoms with Gasteiger partial charge in [0.15, 0.2) is 5.16 Å². The number of esters is 1. The fourth-order valence-electron chi connectivity index (χ4n) is 3.74. The highest BCUT2D eigenvalue weighted by atomic mass is 32.2. The molecule has 0 atom stereocenters. The van der Waals surface area contributed by atoms with Crippen molar-refractivity contribution in [3.05, 3.63) is 101 Å². The molecule has 2 aromatic heterocycles. The molecule has 0 aliphatic heterocycles. The smallest absolute Gasteiger partial charge is 0.345 e. The molecule has 0 radical (unpaired) electrons. The van der Waals surface area contributed by atoms with Crippen molar-refractivity contribution >= 4 is 45.2 Å². The average Bonchev–Trinajstić information content (AvgIpc) is 3.31. The number of thioether (sulfide) groups is 1. The molecule has 0 fully saturated rings. The first kappa shape index (κ1) is 22.4. The number of imidazole rings is 1. The monoisotopic (exact) mass is 484 g/mol. The fourth-order valence-corrected chi connectivity index (χ4v) is 4.63. The fraction of sp³-hybridized carbons (Fsp3) is 0.0769. The molecule has 9 heteroatoms. The lowest BCUT2D eigenvalue weighted by atomic mass is 10.2. The van der Waals surface area contributed by atoms with Gasteiger partial charge in [0.05, 0.1) is 40.5 Å². The zero-order chi connectivity index (χ0) is 24.4. The molecule has 5 rings (SSSR count). The number of ether oxygens (including phenoxy) is 1. The molecule has 8 nitrogen and oxygen atoms in total. The minimum Gasteiger partial charge on any atom is -0.510 e. The highest BCUT2D eigenvalue weighted by Gasteiger charge is 2.23. The van der Waals surface area contributed by atoms with Gasteiger partial charge in [0.2, 0.25) is 0 Å². The number of benzene rings is 3. The lowest BCUT2D eigenvalue weighted by Crippen LogP contribution is -2.22. The summed E-state index contributed by atoms with van der Waals surface area (Å²) < 4.78 is 6.41. The molecule has 0 saturated carbocycles. The van der Waals surface area contributed by atoms with E-state index in [1.807, 2.05) is 54.6 Å². The molecule has 2 heterocycles. The summed E-state index contributed by atoms with van der Waals surface area (Å²) in [6.07, 6.45) is 0. The Morgan fingerprint density at radius 1 is 0.971 bits per heavy atom. The van der Waals surface area contributed by atoms with Gasteiger partial charge < -0.3 is 14.8 Å². The van der Waals surface area contributed by atoms with E-state index in [4.69, 9.17) is 4.74 Å². The third-order valence-corrected chi connectivity index (χ3v) is 6.35. The van der Waals surface area contributed by atoms with E-state index in [1.165, 1.54) is 11.7 Å². The Bertz CT molecular complexity index is 1610. The molecule has 0 unspecified atom stereocenters. The zero-order valence-corrected chi connectivity index (χ0v) is 19.5. The van der Waals surface area contributed by atoms with E-state index in [-0.39, 0.29) is 28.5 Å². The topological polar surface area (TPSA) is 110 Å². The Balaban J connectivity index is 1.58. The maximum Gasteiger partial charge on any atom is 0.345 e. The Labute approximate surface area is 203 Å². The summed E-state index contributed by atoms with van der Waals surface area (Å²) in [6, 6.07) is 23.5. The van der Waals surface area contributed by atoms with Crippen molar-refractivity contribution in [1.29, 1.82) is 0 Å². The average molecular weight is 485 g/mol. The normalized spacial score (nSPS) is 12.0. The molecule has 2 N–H and O–H groups in total. The summed E-state index contributed by atoms with van der Waals surface area (Å²) in [5.74, 6) is -0.820. The number of hydrogen-bond donors (Lipinski definition) is 2. The number of nitrogens with zero attached hydrogens (tertiary/aromatic N) is 3. The quantitative estimate of drug-likeness (QED) is 0.120. The van der Waals surface area contributed by atoms with Crippen LogP contribution >= 0.6 is 11.8 Å². The van der Waals surface area contributed by atoms with Crippen LogP contribution in [0.5, 0.6) is 0 Å². The molecule has 5 aromatic rings. The van der Waals surface area contributed by atoms with Crippen molar-refractivity contribution in [3.8, 4) is 5.69 Å². The van der Waals surface area contributed by atoms with Crippen LogP contribution in [0, 0.1) is 0 Å². The number of aliphatic hydroxyl groups excluding tert-OH is 1. The number of aromatic nitrogens is 4. The van der Waals surface area contributed by atoms with E-state index in [0.29, 0.717) is 27.3 Å². The Morgan fingerprint density at radius 3 is 2.40 bits per heavy atom. The van der Waals surface area contributed by atoms with Crippen molar-refractivity contribution in [3.63, 3.8) is 0 Å². The predicted octanol–water partition coefficient (Wildman–Crippen LogP) is 4.50. The van der Waals surface area contributed by atoms with E-state index in [2.05, 4.69) is 15.0 Å². The second-order valence-electron chi connectivity index (χ2n) is 7.59. The van der Waals surface area contributed by atoms with Crippen LogP contribution in [0.1, 0.15) is 5.82 Å². The first-order valence-corrected chi connectivity index (χ1v) is 11.7. The van der Waals surface area contributed by atoms with Crippen LogP contribution in [0.4, 0.5) is 0 Å². The molecule has 0 spiro atoms. The van der Waals surface area contributed by atoms with Gasteiger partial charge >= 0.3 is 5.97 Å². The summed E-state index contributed by atoms with van der Waals surface area (Å²) in [6.45, 7) is 0. The van der Waals surface area contributed by atoms with Crippen molar-refractivity contribution < 1.29 is 14.6 Å². The van der Waals surface area contributed by atoms with Crippen LogP contribution in [0.25, 0.3) is 33.2 Å². The number of para-hydroxylation sites is 4. The number of aliphatic hydroxyl groups is 1. The number of carbonyl (C=O) groups excluding carboxylic acids is 1. The van der Waals surface area contributed by atoms with E-state index in [0.717, 1.165) is 17.3 Å². The summed E-state index contributed by atoms with van der Waals surface area (Å²) in [5, 5.41) is 11.8. The van der Waals surface area contributed by atoms with Crippen LogP contribution in [-0.4, -0.2) is 43.5 Å². The second kappa shape index (κ2) is 9.47. The first-order chi connectivity index (χ1) is 17.1. The van der Waals surface area contributed by atoms with Gasteiger partial charge in [-0.05, 0) is 36.4 Å². The SMILES string of the molecule is COC(=O)C(=C(O)CSc1nc2ccccc2c(=O)n1-c1ccccc1)c1nc2ccccc2[nH]1. The first-order valence-electron chi connectivity index (χ1n) is 10.7. The molecular weight excluding hydrogens is 464 g/mol. The zero-order valence-electron chi connectivity index (χ0n) is 18.6. The van der Waals surface area contributed by atoms with E-state index >= 15 is 0 Å². The van der Waals surface area contributed by atoms with E-state index in [1.54, 1.807) is 24.3 Å². The summed E-state index contributed by atoms with van der Waals surface area (Å²) >= 11 is 1.13. The lowest BCUT2D eigenvalue weighted by Gasteiger charge is -2.13. The number of aromatic amines is 1. The van der Waals surface area contributed by atoms with Crippen LogP contribution in [-0.2, 0) is 9.53 Å². The lowest BCUT2D eigenvalue weighted by molar-refractivity contribution is -0.133. The minimum absolute atomic E-state index is 0.0426. The number of rotatable bonds is 6. The molecule has 0 amide bonds. The number of fused-ring (bicyclic) bond motifs is 2. The van der Waals surface area contributed by atoms with Crippen molar-refractivity contribution in [1.82, 2.24) is 19.5 Å². The van der Waals surface area contributed by atoms with Gasteiger partial charge in [-0.15, -0.1) is 0 Å². The molecule has 0 aliphatic rings. The number of H-pyrrole nitrogens is 1. The Morgan fingerprint density at radius 2 is 1.66 bits per heavy atom. The summed E-state index contributed by atoms with van der Waals surface area (Å²) in [4.78, 5) is 38.1. The summed E-state index contributed by atoms with van der Waals surface area (Å²) in [7, 11) is 1.24. The molecule has 0 bridgehead atoms. The minimum atomic E-state index is -0.728. The molecule has 174 valence electrons. The molecule has 3 aromatic carbocycles. The van der Waals surface area contributed by atoms with Crippen LogP contribution in [0.2, 0.25) is 0 Å². The van der Waals surface area contributed by atoms with E-state index in [9.17, 15) is 14.7 Å². The second-order valence-corrected chi connectivity index (χ2v) is 8.53. The Hall–Kier alpha value is -4.37. The number of hydrogen-bond acceptors (Lipinski definition) is 7. The Kier molecular flexibility index (Phi) is 6.07. The van der Waals surface area contributed by atoms with Crippen molar-refractivity contribution in [2.45, 2.75) is 5.16 Å². The summed E-state index contributed by atoms with van der Waals surface area (Å²) in [5.41, 5.74) is 2.26. The van der Waals surface area contributed by atoms with Crippen LogP contribution in [0.15, 0.2) is 94.6 Å². The number of methoxy groups -OCH3 is 1. The highest BCUT2D eigenvalue weighted by Crippen LogP contribution is 2.27. The van der Waals surface area contributed by atoms with Gasteiger partial charge in [-0.3, -0.25) is 9.36 Å². The van der Waals surface area contributed by atoms with Gasteiger partial charge in [-0.25, -0.2) is 14.8 Å².